The van der Waals surface area contributed by atoms with Gasteiger partial charge in [0.15, 0.2) is 5.82 Å². The maximum absolute atomic E-state index is 13.3. The zero-order valence-corrected chi connectivity index (χ0v) is 15.2. The van der Waals surface area contributed by atoms with Crippen LogP contribution < -0.4 is 10.9 Å². The molecule has 0 saturated carbocycles. The molecule has 1 aromatic heterocycles. The quantitative estimate of drug-likeness (QED) is 0.768. The molecule has 144 valence electrons. The highest BCUT2D eigenvalue weighted by atomic mass is 19.1. The molecule has 0 unspecified atom stereocenters. The van der Waals surface area contributed by atoms with Gasteiger partial charge in [-0.25, -0.2) is 4.39 Å². The molecule has 3 rings (SSSR count). The summed E-state index contributed by atoms with van der Waals surface area (Å²) in [6, 6.07) is 5.76. The molecule has 0 spiro atoms. The number of rotatable bonds is 7. The molecule has 2 aromatic rings. The molecule has 1 aliphatic rings. The summed E-state index contributed by atoms with van der Waals surface area (Å²) < 4.78 is 13.3. The fraction of sp³-hybridized carbons (Fsp3) is 0.474. The van der Waals surface area contributed by atoms with Crippen molar-refractivity contribution >= 4 is 5.91 Å². The Bertz CT molecular complexity index is 833. The monoisotopic (exact) mass is 373 g/mol. The van der Waals surface area contributed by atoms with E-state index in [0.29, 0.717) is 12.1 Å². The Kier molecular flexibility index (Phi) is 6.64. The lowest BCUT2D eigenvalue weighted by Gasteiger charge is -2.26. The number of aromatic amines is 1. The minimum absolute atomic E-state index is 0.109. The van der Waals surface area contributed by atoms with Crippen molar-refractivity contribution in [2.75, 3.05) is 26.2 Å². The minimum Gasteiger partial charge on any atom is -0.355 e. The number of nitrogens with zero attached hydrogens (tertiary/aromatic N) is 3. The van der Waals surface area contributed by atoms with Crippen molar-refractivity contribution in [1.82, 2.24) is 25.4 Å². The van der Waals surface area contributed by atoms with Crippen LogP contribution in [0.1, 0.15) is 31.4 Å². The number of aromatic nitrogens is 3. The molecule has 0 bridgehead atoms. The summed E-state index contributed by atoms with van der Waals surface area (Å²) in [6.07, 6.45) is 4.12. The van der Waals surface area contributed by atoms with Crippen molar-refractivity contribution in [2.45, 2.75) is 32.1 Å². The first-order valence-corrected chi connectivity index (χ1v) is 9.33. The van der Waals surface area contributed by atoms with Gasteiger partial charge in [-0.15, -0.1) is 10.2 Å². The number of H-pyrrole nitrogens is 1. The van der Waals surface area contributed by atoms with Crippen molar-refractivity contribution in [1.29, 1.82) is 0 Å². The number of hydrogen-bond acceptors (Lipinski definition) is 5. The molecule has 1 fully saturated rings. The summed E-state index contributed by atoms with van der Waals surface area (Å²) in [5.41, 5.74) is 0.230. The van der Waals surface area contributed by atoms with Gasteiger partial charge in [0.1, 0.15) is 11.5 Å². The number of carbonyl (C=O) groups excluding carboxylic acids is 1. The van der Waals surface area contributed by atoms with Crippen LogP contribution in [0.3, 0.4) is 0 Å². The fourth-order valence-electron chi connectivity index (χ4n) is 3.15. The molecular weight excluding hydrogens is 349 g/mol. The largest absolute Gasteiger partial charge is 0.355 e. The third kappa shape index (κ3) is 5.68. The van der Waals surface area contributed by atoms with Crippen LogP contribution in [0.25, 0.3) is 11.4 Å². The lowest BCUT2D eigenvalue weighted by atomic mass is 10.1. The summed E-state index contributed by atoms with van der Waals surface area (Å²) in [5.74, 6) is -0.322. The summed E-state index contributed by atoms with van der Waals surface area (Å²) in [4.78, 5) is 29.1. The fourth-order valence-corrected chi connectivity index (χ4v) is 3.15. The Morgan fingerprint density at radius 3 is 2.78 bits per heavy atom. The predicted octanol–water partition coefficient (Wildman–Crippen LogP) is 1.51. The highest BCUT2D eigenvalue weighted by Gasteiger charge is 2.12. The van der Waals surface area contributed by atoms with E-state index in [4.69, 9.17) is 0 Å². The number of hydrogen-bond donors (Lipinski definition) is 2. The Balaban J connectivity index is 1.47. The molecular formula is C19H24FN5O2. The molecule has 1 saturated heterocycles. The van der Waals surface area contributed by atoms with Crippen molar-refractivity contribution < 1.29 is 9.18 Å². The predicted molar refractivity (Wildman–Crippen MR) is 99.7 cm³/mol. The minimum atomic E-state index is -0.416. The van der Waals surface area contributed by atoms with E-state index >= 15 is 0 Å². The number of aryl methyl sites for hydroxylation is 1. The first-order valence-electron chi connectivity index (χ1n) is 9.33. The normalized spacial score (nSPS) is 14.9. The zero-order chi connectivity index (χ0) is 19.1. The first-order chi connectivity index (χ1) is 13.1. The first kappa shape index (κ1) is 19.2. The topological polar surface area (TPSA) is 91.0 Å². The SMILES string of the molecule is O=C(CCc1nnc(-c2cccc(F)c2)[nH]c1=O)NCCN1CCCCC1. The van der Waals surface area contributed by atoms with Gasteiger partial charge >= 0.3 is 0 Å². The molecule has 0 atom stereocenters. The van der Waals surface area contributed by atoms with E-state index in [1.807, 2.05) is 0 Å². The van der Waals surface area contributed by atoms with Crippen molar-refractivity contribution in [2.24, 2.45) is 0 Å². The number of carbonyl (C=O) groups is 1. The van der Waals surface area contributed by atoms with E-state index in [-0.39, 0.29) is 30.3 Å². The Morgan fingerprint density at radius 1 is 1.22 bits per heavy atom. The average Bonchev–Trinajstić information content (AvgIpc) is 2.68. The Morgan fingerprint density at radius 2 is 2.04 bits per heavy atom. The molecule has 0 aliphatic carbocycles. The van der Waals surface area contributed by atoms with Gasteiger partial charge in [-0.1, -0.05) is 18.6 Å². The summed E-state index contributed by atoms with van der Waals surface area (Å²) in [5, 5.41) is 10.7. The molecule has 1 aliphatic heterocycles. The summed E-state index contributed by atoms with van der Waals surface area (Å²) >= 11 is 0. The third-order valence-corrected chi connectivity index (χ3v) is 4.65. The number of benzene rings is 1. The van der Waals surface area contributed by atoms with E-state index in [1.54, 1.807) is 6.07 Å². The number of nitrogens with one attached hydrogen (secondary N) is 2. The molecule has 1 amide bonds. The highest BCUT2D eigenvalue weighted by Crippen LogP contribution is 2.13. The highest BCUT2D eigenvalue weighted by molar-refractivity contribution is 5.76. The van der Waals surface area contributed by atoms with Crippen molar-refractivity contribution in [3.8, 4) is 11.4 Å². The smallest absolute Gasteiger partial charge is 0.273 e. The third-order valence-electron chi connectivity index (χ3n) is 4.65. The van der Waals surface area contributed by atoms with E-state index in [9.17, 15) is 14.0 Å². The number of amides is 1. The average molecular weight is 373 g/mol. The van der Waals surface area contributed by atoms with Gasteiger partial charge in [-0.3, -0.25) is 9.59 Å². The zero-order valence-electron chi connectivity index (χ0n) is 15.2. The molecule has 7 nitrogen and oxygen atoms in total. The van der Waals surface area contributed by atoms with E-state index in [1.165, 1.54) is 37.5 Å². The van der Waals surface area contributed by atoms with Gasteiger partial charge in [0.2, 0.25) is 5.91 Å². The van der Waals surface area contributed by atoms with Gasteiger partial charge < -0.3 is 15.2 Å². The number of likely N-dealkylation sites (tertiary alicyclic amines) is 1. The van der Waals surface area contributed by atoms with Crippen molar-refractivity contribution in [3.05, 3.63) is 46.1 Å². The molecule has 2 heterocycles. The van der Waals surface area contributed by atoms with Crippen LogP contribution in [-0.4, -0.2) is 52.2 Å². The Hall–Kier alpha value is -2.61. The summed E-state index contributed by atoms with van der Waals surface area (Å²) in [7, 11) is 0. The van der Waals surface area contributed by atoms with Gasteiger partial charge in [-0.2, -0.15) is 0 Å². The van der Waals surface area contributed by atoms with Crippen LogP contribution in [0.15, 0.2) is 29.1 Å². The number of halogens is 1. The molecule has 2 N–H and O–H groups in total. The van der Waals surface area contributed by atoms with E-state index in [2.05, 4.69) is 25.4 Å². The standard InChI is InChI=1S/C19H24FN5O2/c20-15-6-4-5-14(13-15)18-22-19(27)16(23-24-18)7-8-17(26)21-9-12-25-10-2-1-3-11-25/h4-6,13H,1-3,7-12H2,(H,21,26)(H,22,24,27). The second kappa shape index (κ2) is 9.36. The van der Waals surface area contributed by atoms with Crippen molar-refractivity contribution in [3.63, 3.8) is 0 Å². The maximum Gasteiger partial charge on any atom is 0.273 e. The Labute approximate surface area is 157 Å². The van der Waals surface area contributed by atoms with Crippen LogP contribution in [0.4, 0.5) is 4.39 Å². The lowest BCUT2D eigenvalue weighted by Crippen LogP contribution is -2.37. The molecule has 27 heavy (non-hydrogen) atoms. The molecule has 8 heteroatoms. The van der Waals surface area contributed by atoms with Gasteiger partial charge in [0, 0.05) is 31.5 Å². The van der Waals surface area contributed by atoms with Crippen LogP contribution in [0.2, 0.25) is 0 Å². The van der Waals surface area contributed by atoms with Gasteiger partial charge in [-0.05, 0) is 38.1 Å². The van der Waals surface area contributed by atoms with E-state index in [0.717, 1.165) is 19.6 Å². The van der Waals surface area contributed by atoms with E-state index < -0.39 is 11.4 Å². The second-order valence-corrected chi connectivity index (χ2v) is 6.71. The van der Waals surface area contributed by atoms with Gasteiger partial charge in [0.25, 0.3) is 5.56 Å². The van der Waals surface area contributed by atoms with Gasteiger partial charge in [0.05, 0.1) is 0 Å². The number of piperidine rings is 1. The molecule has 1 aromatic carbocycles. The van der Waals surface area contributed by atoms with Crippen LogP contribution in [-0.2, 0) is 11.2 Å². The lowest BCUT2D eigenvalue weighted by molar-refractivity contribution is -0.121. The van der Waals surface area contributed by atoms with Crippen LogP contribution >= 0.6 is 0 Å². The maximum atomic E-state index is 13.3. The van der Waals surface area contributed by atoms with Crippen LogP contribution in [0, 0.1) is 5.82 Å². The molecule has 0 radical (unpaired) electrons. The summed E-state index contributed by atoms with van der Waals surface area (Å²) in [6.45, 7) is 3.66. The second-order valence-electron chi connectivity index (χ2n) is 6.71. The van der Waals surface area contributed by atoms with Crippen LogP contribution in [0.5, 0.6) is 0 Å².